The highest BCUT2D eigenvalue weighted by Gasteiger charge is 2.22. The largest absolute Gasteiger partial charge is 0.299 e. The number of unbranched alkanes of at least 4 members (excludes halogenated alkanes) is 3. The third kappa shape index (κ3) is 3.55. The molecule has 1 saturated heterocycles. The second-order valence-corrected chi connectivity index (χ2v) is 5.53. The highest BCUT2D eigenvalue weighted by atomic mass is 15.1. The highest BCUT2D eigenvalue weighted by Crippen LogP contribution is 2.29. The van der Waals surface area contributed by atoms with E-state index in [2.05, 4.69) is 42.2 Å². The molecule has 1 atom stereocenters. The highest BCUT2D eigenvalue weighted by molar-refractivity contribution is 5.19. The van der Waals surface area contributed by atoms with E-state index in [0.29, 0.717) is 6.04 Å². The van der Waals surface area contributed by atoms with E-state index in [-0.39, 0.29) is 0 Å². The minimum absolute atomic E-state index is 0.603. The van der Waals surface area contributed by atoms with Crippen LogP contribution in [0.4, 0.5) is 0 Å². The van der Waals surface area contributed by atoms with Gasteiger partial charge in [0.15, 0.2) is 0 Å². The van der Waals surface area contributed by atoms with E-state index in [1.807, 2.05) is 0 Å². The van der Waals surface area contributed by atoms with Crippen LogP contribution in [0.15, 0.2) is 18.3 Å². The number of likely N-dealkylation sites (tertiary alicyclic amines) is 1. The molecule has 18 heavy (non-hydrogen) atoms. The van der Waals surface area contributed by atoms with Crippen LogP contribution in [0.1, 0.15) is 62.7 Å². The molecule has 2 rings (SSSR count). The molecule has 2 nitrogen and oxygen atoms in total. The number of pyridine rings is 1. The number of nitrogens with zero attached hydrogens (tertiary/aromatic N) is 2. The van der Waals surface area contributed by atoms with Crippen molar-refractivity contribution in [3.05, 3.63) is 29.6 Å². The van der Waals surface area contributed by atoms with Gasteiger partial charge in [-0.3, -0.25) is 9.88 Å². The fourth-order valence-electron chi connectivity index (χ4n) is 2.85. The first-order valence-electron chi connectivity index (χ1n) is 7.46. The third-order valence-corrected chi connectivity index (χ3v) is 4.04. The number of rotatable bonds is 6. The summed E-state index contributed by atoms with van der Waals surface area (Å²) in [5, 5.41) is 0. The average Bonchev–Trinajstić information content (AvgIpc) is 2.82. The van der Waals surface area contributed by atoms with Gasteiger partial charge in [-0.2, -0.15) is 0 Å². The summed E-state index contributed by atoms with van der Waals surface area (Å²) < 4.78 is 0. The Morgan fingerprint density at radius 3 is 2.78 bits per heavy atom. The standard InChI is InChI=1S/C16H26N2/c1-3-4-5-6-8-15-11-10-14(13-17-15)16-9-7-12-18(16)2/h10-11,13,16H,3-9,12H2,1-2H3. The van der Waals surface area contributed by atoms with Crippen LogP contribution < -0.4 is 0 Å². The predicted octanol–water partition coefficient (Wildman–Crippen LogP) is 3.97. The molecule has 0 spiro atoms. The molecule has 0 aliphatic carbocycles. The van der Waals surface area contributed by atoms with Crippen LogP contribution >= 0.6 is 0 Å². The van der Waals surface area contributed by atoms with Crippen molar-refractivity contribution in [2.24, 2.45) is 0 Å². The van der Waals surface area contributed by atoms with Crippen LogP contribution in [0.25, 0.3) is 0 Å². The molecule has 0 aromatic carbocycles. The predicted molar refractivity (Wildman–Crippen MR) is 76.7 cm³/mol. The van der Waals surface area contributed by atoms with Gasteiger partial charge in [0.1, 0.15) is 0 Å². The summed E-state index contributed by atoms with van der Waals surface area (Å²) in [7, 11) is 2.22. The van der Waals surface area contributed by atoms with Gasteiger partial charge in [-0.15, -0.1) is 0 Å². The van der Waals surface area contributed by atoms with Crippen LogP contribution in [-0.2, 0) is 6.42 Å². The zero-order valence-corrected chi connectivity index (χ0v) is 11.9. The Morgan fingerprint density at radius 1 is 1.28 bits per heavy atom. The first kappa shape index (κ1) is 13.5. The van der Waals surface area contributed by atoms with E-state index in [9.17, 15) is 0 Å². The van der Waals surface area contributed by atoms with Crippen molar-refractivity contribution in [3.63, 3.8) is 0 Å². The van der Waals surface area contributed by atoms with E-state index >= 15 is 0 Å². The molecule has 0 bridgehead atoms. The van der Waals surface area contributed by atoms with Gasteiger partial charge in [-0.25, -0.2) is 0 Å². The Labute approximate surface area is 111 Å². The molecule has 2 heteroatoms. The van der Waals surface area contributed by atoms with Gasteiger partial charge < -0.3 is 0 Å². The lowest BCUT2D eigenvalue weighted by atomic mass is 10.1. The Bertz CT molecular complexity index is 345. The summed E-state index contributed by atoms with van der Waals surface area (Å²) in [4.78, 5) is 7.07. The number of aryl methyl sites for hydroxylation is 1. The Morgan fingerprint density at radius 2 is 2.17 bits per heavy atom. The number of aromatic nitrogens is 1. The van der Waals surface area contributed by atoms with Gasteiger partial charge in [-0.05, 0) is 50.9 Å². The van der Waals surface area contributed by atoms with Crippen molar-refractivity contribution in [1.82, 2.24) is 9.88 Å². The first-order chi connectivity index (χ1) is 8.81. The smallest absolute Gasteiger partial charge is 0.0403 e. The van der Waals surface area contributed by atoms with Gasteiger partial charge in [0.05, 0.1) is 0 Å². The van der Waals surface area contributed by atoms with Crippen LogP contribution in [0.2, 0.25) is 0 Å². The monoisotopic (exact) mass is 246 g/mol. The topological polar surface area (TPSA) is 16.1 Å². The molecule has 0 N–H and O–H groups in total. The molecule has 1 aromatic heterocycles. The van der Waals surface area contributed by atoms with Crippen molar-refractivity contribution in [2.45, 2.75) is 57.9 Å². The quantitative estimate of drug-likeness (QED) is 0.706. The molecular formula is C16H26N2. The zero-order valence-electron chi connectivity index (χ0n) is 11.9. The molecule has 0 radical (unpaired) electrons. The maximum atomic E-state index is 4.63. The van der Waals surface area contributed by atoms with E-state index < -0.39 is 0 Å². The molecule has 1 unspecified atom stereocenters. The van der Waals surface area contributed by atoms with Crippen LogP contribution in [0, 0.1) is 0 Å². The van der Waals surface area contributed by atoms with E-state index in [4.69, 9.17) is 0 Å². The van der Waals surface area contributed by atoms with Crippen molar-refractivity contribution >= 4 is 0 Å². The molecule has 1 aromatic rings. The average molecular weight is 246 g/mol. The Balaban J connectivity index is 1.85. The molecule has 1 aliphatic rings. The van der Waals surface area contributed by atoms with Crippen molar-refractivity contribution in [1.29, 1.82) is 0 Å². The lowest BCUT2D eigenvalue weighted by molar-refractivity contribution is 0.317. The summed E-state index contributed by atoms with van der Waals surface area (Å²) in [6.45, 7) is 3.48. The number of hydrogen-bond acceptors (Lipinski definition) is 2. The van der Waals surface area contributed by atoms with Crippen LogP contribution in [0.5, 0.6) is 0 Å². The molecule has 2 heterocycles. The molecule has 1 aliphatic heterocycles. The lowest BCUT2D eigenvalue weighted by Crippen LogP contribution is -2.17. The fraction of sp³-hybridized carbons (Fsp3) is 0.688. The zero-order chi connectivity index (χ0) is 12.8. The fourth-order valence-corrected chi connectivity index (χ4v) is 2.85. The summed E-state index contributed by atoms with van der Waals surface area (Å²) >= 11 is 0. The van der Waals surface area contributed by atoms with Crippen LogP contribution in [0.3, 0.4) is 0 Å². The molecule has 0 saturated carbocycles. The summed E-state index contributed by atoms with van der Waals surface area (Å²) in [6.07, 6.45) is 11.1. The maximum absolute atomic E-state index is 4.63. The molecule has 100 valence electrons. The van der Waals surface area contributed by atoms with Gasteiger partial charge in [0, 0.05) is 17.9 Å². The van der Waals surface area contributed by atoms with E-state index in [0.717, 1.165) is 6.42 Å². The molecule has 1 fully saturated rings. The van der Waals surface area contributed by atoms with Crippen molar-refractivity contribution in [3.8, 4) is 0 Å². The van der Waals surface area contributed by atoms with Crippen molar-refractivity contribution in [2.75, 3.05) is 13.6 Å². The normalized spacial score (nSPS) is 20.4. The van der Waals surface area contributed by atoms with Gasteiger partial charge >= 0.3 is 0 Å². The van der Waals surface area contributed by atoms with Crippen LogP contribution in [-0.4, -0.2) is 23.5 Å². The first-order valence-corrected chi connectivity index (χ1v) is 7.46. The molecule has 0 amide bonds. The third-order valence-electron chi connectivity index (χ3n) is 4.04. The summed E-state index contributed by atoms with van der Waals surface area (Å²) in [6, 6.07) is 5.12. The minimum Gasteiger partial charge on any atom is -0.299 e. The Kier molecular flexibility index (Phi) is 5.18. The lowest BCUT2D eigenvalue weighted by Gasteiger charge is -2.19. The van der Waals surface area contributed by atoms with E-state index in [1.165, 1.54) is 56.3 Å². The second kappa shape index (κ2) is 6.89. The Hall–Kier alpha value is -0.890. The maximum Gasteiger partial charge on any atom is 0.0403 e. The molecular weight excluding hydrogens is 220 g/mol. The SMILES string of the molecule is CCCCCCc1ccc(C2CCCN2C)cn1. The number of hydrogen-bond donors (Lipinski definition) is 0. The van der Waals surface area contributed by atoms with Crippen molar-refractivity contribution < 1.29 is 0 Å². The van der Waals surface area contributed by atoms with Gasteiger partial charge in [0.25, 0.3) is 0 Å². The summed E-state index contributed by atoms with van der Waals surface area (Å²) in [5.74, 6) is 0. The summed E-state index contributed by atoms with van der Waals surface area (Å²) in [5.41, 5.74) is 2.66. The second-order valence-electron chi connectivity index (χ2n) is 5.53. The van der Waals surface area contributed by atoms with Gasteiger partial charge in [0.2, 0.25) is 0 Å². The van der Waals surface area contributed by atoms with E-state index in [1.54, 1.807) is 0 Å². The minimum atomic E-state index is 0.603. The van der Waals surface area contributed by atoms with Gasteiger partial charge in [-0.1, -0.05) is 32.3 Å².